The summed E-state index contributed by atoms with van der Waals surface area (Å²) in [4.78, 5) is 20.5. The molecule has 0 bridgehead atoms. The van der Waals surface area contributed by atoms with E-state index in [4.69, 9.17) is 0 Å². The lowest BCUT2D eigenvalue weighted by molar-refractivity contribution is -0.122. The second kappa shape index (κ2) is 3.88. The van der Waals surface area contributed by atoms with Crippen LogP contribution in [0.3, 0.4) is 0 Å². The zero-order valence-corrected chi connectivity index (χ0v) is 5.39. The van der Waals surface area contributed by atoms with Gasteiger partial charge in [-0.2, -0.15) is 0 Å². The minimum absolute atomic E-state index is 0.251. The molecule has 2 amide bonds. The molecule has 0 aromatic heterocycles. The lowest BCUT2D eigenvalue weighted by atomic mass is 10.5. The van der Waals surface area contributed by atoms with Gasteiger partial charge in [-0.25, -0.2) is 0 Å². The van der Waals surface area contributed by atoms with Crippen LogP contribution in [0.2, 0.25) is 0 Å². The zero-order chi connectivity index (χ0) is 7.28. The number of amides is 2. The third-order valence-corrected chi connectivity index (χ3v) is 0.653. The standard InChI is InChI=1S/C5H9N2O2/c1-4(8)7-3-5(9)6-2/h3H,1-2H3,(H,6,9)(H,7,8). The molecular formula is C5H9N2O2. The van der Waals surface area contributed by atoms with Crippen LogP contribution in [0.4, 0.5) is 0 Å². The number of carbonyl (C=O) groups excluding carboxylic acids is 2. The van der Waals surface area contributed by atoms with Crippen LogP contribution < -0.4 is 10.6 Å². The molecule has 0 unspecified atom stereocenters. The highest BCUT2D eigenvalue weighted by Gasteiger charge is 1.97. The Hall–Kier alpha value is -1.06. The highest BCUT2D eigenvalue weighted by Crippen LogP contribution is 1.68. The van der Waals surface area contributed by atoms with E-state index in [2.05, 4.69) is 10.6 Å². The van der Waals surface area contributed by atoms with Gasteiger partial charge in [-0.05, 0) is 0 Å². The van der Waals surface area contributed by atoms with Crippen LogP contribution in [0.15, 0.2) is 0 Å². The number of nitrogens with one attached hydrogen (secondary N) is 2. The van der Waals surface area contributed by atoms with E-state index in [0.29, 0.717) is 0 Å². The molecule has 0 aliphatic rings. The Morgan fingerprint density at radius 3 is 2.33 bits per heavy atom. The molecule has 4 heteroatoms. The molecule has 0 aliphatic carbocycles. The Balaban J connectivity index is 3.28. The van der Waals surface area contributed by atoms with E-state index >= 15 is 0 Å². The van der Waals surface area contributed by atoms with E-state index in [1.165, 1.54) is 14.0 Å². The van der Waals surface area contributed by atoms with E-state index in [1.54, 1.807) is 0 Å². The Bertz CT molecular complexity index is 122. The molecule has 4 nitrogen and oxygen atoms in total. The van der Waals surface area contributed by atoms with Crippen LogP contribution >= 0.6 is 0 Å². The molecule has 9 heavy (non-hydrogen) atoms. The molecule has 0 aliphatic heterocycles. The van der Waals surface area contributed by atoms with Crippen LogP contribution in [0.5, 0.6) is 0 Å². The summed E-state index contributed by atoms with van der Waals surface area (Å²) in [7, 11) is 1.49. The largest absolute Gasteiger partial charge is 0.357 e. The first kappa shape index (κ1) is 7.94. The fourth-order valence-electron chi connectivity index (χ4n) is 0.239. The monoisotopic (exact) mass is 129 g/mol. The van der Waals surface area contributed by atoms with Crippen molar-refractivity contribution < 1.29 is 9.59 Å². The first-order valence-electron chi connectivity index (χ1n) is 2.49. The van der Waals surface area contributed by atoms with Gasteiger partial charge in [0.15, 0.2) is 0 Å². The molecule has 0 rings (SSSR count). The van der Waals surface area contributed by atoms with Gasteiger partial charge in [0.2, 0.25) is 11.8 Å². The molecule has 2 N–H and O–H groups in total. The molecule has 51 valence electrons. The van der Waals surface area contributed by atoms with Crippen molar-refractivity contribution in [1.82, 2.24) is 10.6 Å². The van der Waals surface area contributed by atoms with Crippen molar-refractivity contribution in [2.75, 3.05) is 7.05 Å². The van der Waals surface area contributed by atoms with Gasteiger partial charge in [0.05, 0.1) is 0 Å². The van der Waals surface area contributed by atoms with E-state index < -0.39 is 0 Å². The van der Waals surface area contributed by atoms with E-state index in [1.807, 2.05) is 0 Å². The van der Waals surface area contributed by atoms with E-state index in [9.17, 15) is 9.59 Å². The maximum Gasteiger partial charge on any atom is 0.245 e. The van der Waals surface area contributed by atoms with Crippen molar-refractivity contribution in [3.63, 3.8) is 0 Å². The van der Waals surface area contributed by atoms with Gasteiger partial charge >= 0.3 is 0 Å². The molecule has 0 saturated carbocycles. The van der Waals surface area contributed by atoms with Crippen LogP contribution in [0, 0.1) is 6.54 Å². The van der Waals surface area contributed by atoms with Crippen molar-refractivity contribution in [2.24, 2.45) is 0 Å². The quantitative estimate of drug-likeness (QED) is 0.504. The summed E-state index contributed by atoms with van der Waals surface area (Å²) in [6.45, 7) is 2.40. The zero-order valence-electron chi connectivity index (χ0n) is 5.39. The normalized spacial score (nSPS) is 8.22. The SMILES string of the molecule is CNC(=O)[CH]NC(C)=O. The molecular weight excluding hydrogens is 120 g/mol. The van der Waals surface area contributed by atoms with Gasteiger partial charge in [-0.3, -0.25) is 9.59 Å². The Labute approximate surface area is 53.6 Å². The van der Waals surface area contributed by atoms with Crippen LogP contribution in [0.1, 0.15) is 6.92 Å². The van der Waals surface area contributed by atoms with Gasteiger partial charge in [0.1, 0.15) is 6.54 Å². The molecule has 0 aromatic carbocycles. The van der Waals surface area contributed by atoms with Crippen molar-refractivity contribution in [1.29, 1.82) is 0 Å². The first-order chi connectivity index (χ1) is 4.16. The number of hydrogen-bond donors (Lipinski definition) is 2. The Kier molecular flexibility index (Phi) is 3.43. The summed E-state index contributed by atoms with van der Waals surface area (Å²) in [5.41, 5.74) is 0. The van der Waals surface area contributed by atoms with Crippen LogP contribution in [0.25, 0.3) is 0 Å². The number of likely N-dealkylation sites (N-methyl/N-ethyl adjacent to an activating group) is 1. The molecule has 0 spiro atoms. The third kappa shape index (κ3) is 4.80. The predicted octanol–water partition coefficient (Wildman–Crippen LogP) is -0.970. The lowest BCUT2D eigenvalue weighted by Crippen LogP contribution is -2.28. The summed E-state index contributed by atoms with van der Waals surface area (Å²) in [5, 5.41) is 4.53. The number of rotatable bonds is 2. The van der Waals surface area contributed by atoms with Crippen LogP contribution in [-0.4, -0.2) is 18.9 Å². The topological polar surface area (TPSA) is 58.2 Å². The third-order valence-electron chi connectivity index (χ3n) is 0.653. The molecule has 0 fully saturated rings. The summed E-state index contributed by atoms with van der Waals surface area (Å²) >= 11 is 0. The highest BCUT2D eigenvalue weighted by molar-refractivity contribution is 5.88. The summed E-state index contributed by atoms with van der Waals surface area (Å²) < 4.78 is 0. The van der Waals surface area contributed by atoms with Crippen molar-refractivity contribution in [3.05, 3.63) is 6.54 Å². The van der Waals surface area contributed by atoms with Gasteiger partial charge < -0.3 is 10.6 Å². The summed E-state index contributed by atoms with van der Waals surface area (Å²) in [5.74, 6) is -0.566. The highest BCUT2D eigenvalue weighted by atomic mass is 16.2. The van der Waals surface area contributed by atoms with E-state index in [-0.39, 0.29) is 11.8 Å². The van der Waals surface area contributed by atoms with Crippen molar-refractivity contribution in [2.45, 2.75) is 6.92 Å². The first-order valence-corrected chi connectivity index (χ1v) is 2.49. The van der Waals surface area contributed by atoms with Gasteiger partial charge in [-0.1, -0.05) is 0 Å². The minimum Gasteiger partial charge on any atom is -0.357 e. The predicted molar refractivity (Wildman–Crippen MR) is 32.2 cm³/mol. The lowest BCUT2D eigenvalue weighted by Gasteiger charge is -1.97. The Morgan fingerprint density at radius 2 is 2.00 bits per heavy atom. The average molecular weight is 129 g/mol. The molecule has 0 atom stereocenters. The van der Waals surface area contributed by atoms with Crippen molar-refractivity contribution >= 4 is 11.8 Å². The number of carbonyl (C=O) groups is 2. The molecule has 0 heterocycles. The minimum atomic E-state index is -0.315. The Morgan fingerprint density at radius 1 is 1.44 bits per heavy atom. The maximum absolute atomic E-state index is 10.3. The van der Waals surface area contributed by atoms with Gasteiger partial charge in [-0.15, -0.1) is 0 Å². The molecule has 0 aromatic rings. The fourth-order valence-corrected chi connectivity index (χ4v) is 0.239. The molecule has 0 saturated heterocycles. The number of hydrogen-bond acceptors (Lipinski definition) is 2. The van der Waals surface area contributed by atoms with E-state index in [0.717, 1.165) is 6.54 Å². The van der Waals surface area contributed by atoms with Gasteiger partial charge in [0, 0.05) is 14.0 Å². The van der Waals surface area contributed by atoms with Gasteiger partial charge in [0.25, 0.3) is 0 Å². The maximum atomic E-state index is 10.3. The second-order valence-electron chi connectivity index (χ2n) is 1.46. The summed E-state index contributed by atoms with van der Waals surface area (Å²) in [6, 6.07) is 0. The fraction of sp³-hybridized carbons (Fsp3) is 0.400. The van der Waals surface area contributed by atoms with Crippen LogP contribution in [-0.2, 0) is 9.59 Å². The second-order valence-corrected chi connectivity index (χ2v) is 1.46. The summed E-state index contributed by atoms with van der Waals surface area (Å²) in [6.07, 6.45) is 0. The van der Waals surface area contributed by atoms with Crippen molar-refractivity contribution in [3.8, 4) is 0 Å². The molecule has 1 radical (unpaired) electrons. The average Bonchev–Trinajstić information content (AvgIpc) is 1.83. The smallest absolute Gasteiger partial charge is 0.245 e.